The summed E-state index contributed by atoms with van der Waals surface area (Å²) in [7, 11) is 0. The zero-order valence-electron chi connectivity index (χ0n) is 7.67. The molecule has 0 bridgehead atoms. The van der Waals surface area contributed by atoms with Crippen molar-refractivity contribution in [1.29, 1.82) is 0 Å². The maximum Gasteiger partial charge on any atom is 0.324 e. The average molecular weight is 197 g/mol. The lowest BCUT2D eigenvalue weighted by Crippen LogP contribution is -2.36. The highest BCUT2D eigenvalue weighted by atomic mass is 16.5. The molecule has 1 heterocycles. The number of carbonyl (C=O) groups is 1. The summed E-state index contributed by atoms with van der Waals surface area (Å²) in [5, 5.41) is 8.47. The van der Waals surface area contributed by atoms with Gasteiger partial charge in [0.1, 0.15) is 12.6 Å². The molecule has 0 fully saturated rings. The van der Waals surface area contributed by atoms with Crippen molar-refractivity contribution >= 4 is 5.97 Å². The van der Waals surface area contributed by atoms with Gasteiger partial charge in [-0.2, -0.15) is 0 Å². The Labute approximate surface area is 80.7 Å². The molecule has 0 amide bonds. The zero-order chi connectivity index (χ0) is 10.6. The van der Waals surface area contributed by atoms with Crippen LogP contribution in [0, 0.1) is 6.92 Å². The molecule has 6 heteroatoms. The molecule has 1 rings (SSSR count). The third-order valence-corrected chi connectivity index (χ3v) is 1.48. The van der Waals surface area contributed by atoms with Gasteiger partial charge >= 0.3 is 12.0 Å². The van der Waals surface area contributed by atoms with Crippen LogP contribution >= 0.6 is 0 Å². The second-order valence-electron chi connectivity index (χ2n) is 2.74. The summed E-state index contributed by atoms with van der Waals surface area (Å²) >= 11 is 0. The SMILES string of the molecule is Cc1ccnc(OCC(N)C(=O)O)n1. The van der Waals surface area contributed by atoms with E-state index in [0.717, 1.165) is 5.69 Å². The van der Waals surface area contributed by atoms with Gasteiger partial charge in [0.2, 0.25) is 0 Å². The van der Waals surface area contributed by atoms with Crippen LogP contribution in [0.5, 0.6) is 6.01 Å². The first kappa shape index (κ1) is 10.4. The van der Waals surface area contributed by atoms with E-state index in [4.69, 9.17) is 15.6 Å². The van der Waals surface area contributed by atoms with Crippen LogP contribution in [-0.2, 0) is 4.79 Å². The number of nitrogens with two attached hydrogens (primary N) is 1. The summed E-state index contributed by atoms with van der Waals surface area (Å²) in [6.07, 6.45) is 1.53. The summed E-state index contributed by atoms with van der Waals surface area (Å²) < 4.78 is 4.98. The van der Waals surface area contributed by atoms with Gasteiger partial charge in [0, 0.05) is 11.9 Å². The van der Waals surface area contributed by atoms with Gasteiger partial charge in [-0.15, -0.1) is 0 Å². The number of rotatable bonds is 4. The molecule has 0 saturated carbocycles. The van der Waals surface area contributed by atoms with Gasteiger partial charge in [-0.05, 0) is 13.0 Å². The zero-order valence-corrected chi connectivity index (χ0v) is 7.67. The fraction of sp³-hybridized carbons (Fsp3) is 0.375. The summed E-state index contributed by atoms with van der Waals surface area (Å²) in [6, 6.07) is 0.796. The standard InChI is InChI=1S/C8H11N3O3/c1-5-2-3-10-8(11-5)14-4-6(9)7(12)13/h2-3,6H,4,9H2,1H3,(H,12,13). The molecule has 0 aliphatic heterocycles. The van der Waals surface area contributed by atoms with Crippen LogP contribution in [0.1, 0.15) is 5.69 Å². The van der Waals surface area contributed by atoms with Crippen molar-refractivity contribution < 1.29 is 14.6 Å². The molecule has 1 unspecified atom stereocenters. The predicted octanol–water partition coefficient (Wildman–Crippen LogP) is -0.424. The second-order valence-corrected chi connectivity index (χ2v) is 2.74. The van der Waals surface area contributed by atoms with Gasteiger partial charge in [0.15, 0.2) is 0 Å². The predicted molar refractivity (Wildman–Crippen MR) is 47.9 cm³/mol. The van der Waals surface area contributed by atoms with E-state index in [1.807, 2.05) is 0 Å². The van der Waals surface area contributed by atoms with Gasteiger partial charge in [-0.1, -0.05) is 0 Å². The minimum atomic E-state index is -1.11. The topological polar surface area (TPSA) is 98.3 Å². The van der Waals surface area contributed by atoms with Gasteiger partial charge in [0.25, 0.3) is 0 Å². The van der Waals surface area contributed by atoms with E-state index in [1.165, 1.54) is 6.20 Å². The van der Waals surface area contributed by atoms with Crippen LogP contribution in [0.3, 0.4) is 0 Å². The van der Waals surface area contributed by atoms with Crippen LogP contribution in [-0.4, -0.2) is 33.7 Å². The average Bonchev–Trinajstić information content (AvgIpc) is 2.14. The highest BCUT2D eigenvalue weighted by Crippen LogP contribution is 2.01. The lowest BCUT2D eigenvalue weighted by molar-refractivity contribution is -0.139. The van der Waals surface area contributed by atoms with Crippen molar-refractivity contribution in [2.75, 3.05) is 6.61 Å². The normalized spacial score (nSPS) is 12.1. The molecule has 1 aromatic rings. The van der Waals surface area contributed by atoms with Crippen LogP contribution in [0.2, 0.25) is 0 Å². The molecule has 0 radical (unpaired) electrons. The van der Waals surface area contributed by atoms with E-state index >= 15 is 0 Å². The number of ether oxygens (including phenoxy) is 1. The Kier molecular flexibility index (Phi) is 3.35. The van der Waals surface area contributed by atoms with Crippen molar-refractivity contribution in [3.63, 3.8) is 0 Å². The third kappa shape index (κ3) is 2.98. The molecule has 0 aromatic carbocycles. The summed E-state index contributed by atoms with van der Waals surface area (Å²) in [6.45, 7) is 1.64. The lowest BCUT2D eigenvalue weighted by atomic mass is 10.3. The molecule has 6 nitrogen and oxygen atoms in total. The fourth-order valence-corrected chi connectivity index (χ4v) is 0.731. The molecule has 0 saturated heterocycles. The Morgan fingerprint density at radius 3 is 3.07 bits per heavy atom. The van der Waals surface area contributed by atoms with Crippen molar-refractivity contribution in [3.05, 3.63) is 18.0 Å². The quantitative estimate of drug-likeness (QED) is 0.680. The number of nitrogens with zero attached hydrogens (tertiary/aromatic N) is 2. The maximum atomic E-state index is 10.3. The van der Waals surface area contributed by atoms with E-state index in [2.05, 4.69) is 9.97 Å². The largest absolute Gasteiger partial charge is 0.480 e. The molecule has 0 aliphatic carbocycles. The first-order valence-electron chi connectivity index (χ1n) is 4.00. The number of carboxylic acids is 1. The summed E-state index contributed by atoms with van der Waals surface area (Å²) in [4.78, 5) is 18.1. The number of carboxylic acid groups (broad SMARTS) is 1. The number of hydrogen-bond donors (Lipinski definition) is 2. The van der Waals surface area contributed by atoms with E-state index in [-0.39, 0.29) is 12.6 Å². The highest BCUT2D eigenvalue weighted by Gasteiger charge is 2.12. The van der Waals surface area contributed by atoms with Gasteiger partial charge in [0.05, 0.1) is 0 Å². The first-order chi connectivity index (χ1) is 6.59. The van der Waals surface area contributed by atoms with Gasteiger partial charge in [-0.25, -0.2) is 9.97 Å². The first-order valence-corrected chi connectivity index (χ1v) is 4.00. The van der Waals surface area contributed by atoms with Crippen molar-refractivity contribution in [2.45, 2.75) is 13.0 Å². The van der Waals surface area contributed by atoms with Crippen LogP contribution in [0.4, 0.5) is 0 Å². The Hall–Kier alpha value is -1.69. The molecule has 76 valence electrons. The van der Waals surface area contributed by atoms with Crippen LogP contribution in [0.15, 0.2) is 12.3 Å². The number of aryl methyl sites for hydroxylation is 1. The van der Waals surface area contributed by atoms with Crippen LogP contribution in [0.25, 0.3) is 0 Å². The molecule has 1 aromatic heterocycles. The second kappa shape index (κ2) is 4.52. The van der Waals surface area contributed by atoms with Gasteiger partial charge < -0.3 is 15.6 Å². The highest BCUT2D eigenvalue weighted by molar-refractivity contribution is 5.73. The fourth-order valence-electron chi connectivity index (χ4n) is 0.731. The van der Waals surface area contributed by atoms with E-state index in [0.29, 0.717) is 0 Å². The lowest BCUT2D eigenvalue weighted by Gasteiger charge is -2.07. The van der Waals surface area contributed by atoms with Crippen molar-refractivity contribution in [1.82, 2.24) is 9.97 Å². The monoisotopic (exact) mass is 197 g/mol. The van der Waals surface area contributed by atoms with E-state index in [1.54, 1.807) is 13.0 Å². The van der Waals surface area contributed by atoms with Crippen molar-refractivity contribution in [2.24, 2.45) is 5.73 Å². The van der Waals surface area contributed by atoms with Gasteiger partial charge in [-0.3, -0.25) is 4.79 Å². The van der Waals surface area contributed by atoms with Crippen molar-refractivity contribution in [3.8, 4) is 6.01 Å². The Morgan fingerprint density at radius 1 is 1.79 bits per heavy atom. The number of aromatic nitrogens is 2. The molecule has 3 N–H and O–H groups in total. The van der Waals surface area contributed by atoms with Crippen LogP contribution < -0.4 is 10.5 Å². The molecule has 0 aliphatic rings. The third-order valence-electron chi connectivity index (χ3n) is 1.48. The smallest absolute Gasteiger partial charge is 0.324 e. The number of aliphatic carboxylic acids is 1. The Balaban J connectivity index is 2.49. The number of hydrogen-bond acceptors (Lipinski definition) is 5. The van der Waals surface area contributed by atoms with E-state index < -0.39 is 12.0 Å². The molecule has 1 atom stereocenters. The molecule has 14 heavy (non-hydrogen) atoms. The minimum Gasteiger partial charge on any atom is -0.480 e. The Bertz CT molecular complexity index is 329. The molecular formula is C8H11N3O3. The molecular weight excluding hydrogens is 186 g/mol. The summed E-state index contributed by atoms with van der Waals surface area (Å²) in [5.41, 5.74) is 5.97. The Morgan fingerprint density at radius 2 is 2.50 bits per heavy atom. The minimum absolute atomic E-state index is 0.140. The van der Waals surface area contributed by atoms with E-state index in [9.17, 15) is 4.79 Å². The maximum absolute atomic E-state index is 10.3. The molecule has 0 spiro atoms. The summed E-state index contributed by atoms with van der Waals surface area (Å²) in [5.74, 6) is -1.11.